The van der Waals surface area contributed by atoms with Crippen LogP contribution in [0.25, 0.3) is 0 Å². The summed E-state index contributed by atoms with van der Waals surface area (Å²) in [7, 11) is 1.66. The first-order valence-corrected chi connectivity index (χ1v) is 5.79. The lowest BCUT2D eigenvalue weighted by Crippen LogP contribution is -2.01. The molecule has 0 fully saturated rings. The Kier molecular flexibility index (Phi) is 6.57. The van der Waals surface area contributed by atoms with Crippen LogP contribution in [0.1, 0.15) is 6.42 Å². The van der Waals surface area contributed by atoms with E-state index in [1.807, 2.05) is 24.3 Å². The number of methoxy groups -OCH3 is 1. The van der Waals surface area contributed by atoms with Gasteiger partial charge in [0, 0.05) is 32.0 Å². The molecule has 0 saturated carbocycles. The van der Waals surface area contributed by atoms with Crippen LogP contribution in [0.15, 0.2) is 36.0 Å². The third kappa shape index (κ3) is 5.58. The number of nitrogens with zero attached hydrogens (tertiary/aromatic N) is 2. The summed E-state index contributed by atoms with van der Waals surface area (Å²) in [5, 5.41) is 20.0. The van der Waals surface area contributed by atoms with Crippen LogP contribution in [-0.2, 0) is 4.74 Å². The Morgan fingerprint density at radius 1 is 1.21 bits per heavy atom. The van der Waals surface area contributed by atoms with Gasteiger partial charge in [0.15, 0.2) is 0 Å². The van der Waals surface area contributed by atoms with E-state index in [0.29, 0.717) is 13.2 Å². The summed E-state index contributed by atoms with van der Waals surface area (Å²) in [5.74, 6) is 0.770. The van der Waals surface area contributed by atoms with Crippen molar-refractivity contribution in [1.29, 1.82) is 10.5 Å². The molecule has 0 bridgehead atoms. The Hall–Kier alpha value is -2.50. The van der Waals surface area contributed by atoms with Gasteiger partial charge in [-0.2, -0.15) is 10.5 Å². The molecule has 1 N–H and O–H groups in total. The number of hydrogen-bond acceptors (Lipinski definition) is 5. The maximum absolute atomic E-state index is 8.58. The van der Waals surface area contributed by atoms with Crippen molar-refractivity contribution in [2.75, 3.05) is 25.6 Å². The normalized spacial score (nSPS) is 9.00. The summed E-state index contributed by atoms with van der Waals surface area (Å²) in [6, 6.07) is 10.8. The van der Waals surface area contributed by atoms with Crippen LogP contribution in [0.3, 0.4) is 0 Å². The van der Waals surface area contributed by atoms with Crippen molar-refractivity contribution >= 4 is 5.69 Å². The van der Waals surface area contributed by atoms with Crippen molar-refractivity contribution in [3.8, 4) is 17.9 Å². The predicted molar refractivity (Wildman–Crippen MR) is 71.4 cm³/mol. The average Bonchev–Trinajstić information content (AvgIpc) is 2.46. The van der Waals surface area contributed by atoms with E-state index in [-0.39, 0.29) is 5.57 Å². The fraction of sp³-hybridized carbons (Fsp3) is 0.286. The molecule has 5 nitrogen and oxygen atoms in total. The molecule has 0 aromatic heterocycles. The van der Waals surface area contributed by atoms with Gasteiger partial charge >= 0.3 is 0 Å². The summed E-state index contributed by atoms with van der Waals surface area (Å²) in [6.45, 7) is 1.28. The highest BCUT2D eigenvalue weighted by molar-refractivity contribution is 5.51. The van der Waals surface area contributed by atoms with E-state index in [4.69, 9.17) is 20.0 Å². The minimum absolute atomic E-state index is 0.0277. The van der Waals surface area contributed by atoms with Crippen molar-refractivity contribution in [2.24, 2.45) is 0 Å². The summed E-state index contributed by atoms with van der Waals surface area (Å²) in [5.41, 5.74) is 0.812. The average molecular weight is 257 g/mol. The van der Waals surface area contributed by atoms with E-state index in [1.165, 1.54) is 6.20 Å². The van der Waals surface area contributed by atoms with Crippen molar-refractivity contribution in [2.45, 2.75) is 6.42 Å². The molecule has 1 rings (SSSR count). The molecule has 0 unspecified atom stereocenters. The van der Waals surface area contributed by atoms with Crippen molar-refractivity contribution < 1.29 is 9.47 Å². The van der Waals surface area contributed by atoms with Gasteiger partial charge in [-0.05, 0) is 24.3 Å². The Labute approximate surface area is 112 Å². The van der Waals surface area contributed by atoms with Crippen LogP contribution in [0, 0.1) is 22.7 Å². The smallest absolute Gasteiger partial charge is 0.145 e. The molecular formula is C14H15N3O2. The number of nitrogens with one attached hydrogen (secondary N) is 1. The SMILES string of the molecule is COCCCOc1ccc(NC=C(C#N)C#N)cc1. The summed E-state index contributed by atoms with van der Waals surface area (Å²) in [6.07, 6.45) is 2.21. The van der Waals surface area contributed by atoms with Crippen molar-refractivity contribution in [1.82, 2.24) is 0 Å². The lowest BCUT2D eigenvalue weighted by Gasteiger charge is -2.06. The summed E-state index contributed by atoms with van der Waals surface area (Å²) in [4.78, 5) is 0. The molecule has 0 aliphatic carbocycles. The van der Waals surface area contributed by atoms with Gasteiger partial charge in [0.2, 0.25) is 0 Å². The fourth-order valence-corrected chi connectivity index (χ4v) is 1.29. The van der Waals surface area contributed by atoms with E-state index >= 15 is 0 Å². The van der Waals surface area contributed by atoms with Gasteiger partial charge in [0.25, 0.3) is 0 Å². The molecule has 0 amide bonds. The van der Waals surface area contributed by atoms with Crippen LogP contribution >= 0.6 is 0 Å². The zero-order valence-corrected chi connectivity index (χ0v) is 10.7. The molecule has 0 atom stereocenters. The van der Waals surface area contributed by atoms with E-state index < -0.39 is 0 Å². The third-order valence-electron chi connectivity index (χ3n) is 2.24. The van der Waals surface area contributed by atoms with Crippen LogP contribution in [-0.4, -0.2) is 20.3 Å². The summed E-state index contributed by atoms with van der Waals surface area (Å²) >= 11 is 0. The Balaban J connectivity index is 2.46. The van der Waals surface area contributed by atoms with E-state index in [0.717, 1.165) is 17.9 Å². The van der Waals surface area contributed by atoms with Gasteiger partial charge in [-0.3, -0.25) is 0 Å². The van der Waals surface area contributed by atoms with Gasteiger partial charge in [-0.25, -0.2) is 0 Å². The molecule has 0 heterocycles. The standard InChI is InChI=1S/C14H15N3O2/c1-18-7-2-8-19-14-5-3-13(4-6-14)17-11-12(9-15)10-16/h3-6,11,17H,2,7-8H2,1H3. The Morgan fingerprint density at radius 2 is 1.89 bits per heavy atom. The van der Waals surface area contributed by atoms with E-state index in [9.17, 15) is 0 Å². The van der Waals surface area contributed by atoms with Gasteiger partial charge in [-0.15, -0.1) is 0 Å². The third-order valence-corrected chi connectivity index (χ3v) is 2.24. The first kappa shape index (κ1) is 14.6. The lowest BCUT2D eigenvalue weighted by atomic mass is 10.3. The Bertz CT molecular complexity index is 479. The molecule has 0 aliphatic heterocycles. The van der Waals surface area contributed by atoms with E-state index in [2.05, 4.69) is 5.32 Å². The largest absolute Gasteiger partial charge is 0.494 e. The second-order valence-electron chi connectivity index (χ2n) is 3.65. The van der Waals surface area contributed by atoms with Gasteiger partial charge < -0.3 is 14.8 Å². The molecule has 1 aromatic rings. The highest BCUT2D eigenvalue weighted by Crippen LogP contribution is 2.16. The molecule has 0 aliphatic rings. The number of allylic oxidation sites excluding steroid dienone is 1. The maximum Gasteiger partial charge on any atom is 0.145 e. The molecule has 19 heavy (non-hydrogen) atoms. The molecular weight excluding hydrogens is 242 g/mol. The molecule has 5 heteroatoms. The first-order chi connectivity index (χ1) is 9.30. The minimum atomic E-state index is 0.0277. The number of anilines is 1. The second kappa shape index (κ2) is 8.57. The molecule has 0 radical (unpaired) electrons. The Morgan fingerprint density at radius 3 is 2.47 bits per heavy atom. The molecule has 0 saturated heterocycles. The second-order valence-corrected chi connectivity index (χ2v) is 3.65. The van der Waals surface area contributed by atoms with Crippen LogP contribution in [0.5, 0.6) is 5.75 Å². The molecule has 0 spiro atoms. The van der Waals surface area contributed by atoms with E-state index in [1.54, 1.807) is 19.2 Å². The van der Waals surface area contributed by atoms with Gasteiger partial charge in [0.1, 0.15) is 23.5 Å². The fourth-order valence-electron chi connectivity index (χ4n) is 1.29. The number of hydrogen-bond donors (Lipinski definition) is 1. The first-order valence-electron chi connectivity index (χ1n) is 5.79. The quantitative estimate of drug-likeness (QED) is 0.599. The topological polar surface area (TPSA) is 78.1 Å². The summed E-state index contributed by atoms with van der Waals surface area (Å²) < 4.78 is 10.4. The number of rotatable bonds is 7. The highest BCUT2D eigenvalue weighted by atomic mass is 16.5. The maximum atomic E-state index is 8.58. The van der Waals surface area contributed by atoms with Gasteiger partial charge in [-0.1, -0.05) is 0 Å². The van der Waals surface area contributed by atoms with Crippen LogP contribution in [0.4, 0.5) is 5.69 Å². The molecule has 98 valence electrons. The number of benzene rings is 1. The van der Waals surface area contributed by atoms with Crippen LogP contribution in [0.2, 0.25) is 0 Å². The minimum Gasteiger partial charge on any atom is -0.494 e. The predicted octanol–water partition coefficient (Wildman–Crippen LogP) is 2.44. The van der Waals surface area contributed by atoms with Crippen molar-refractivity contribution in [3.05, 3.63) is 36.0 Å². The van der Waals surface area contributed by atoms with Crippen LogP contribution < -0.4 is 10.1 Å². The molecule has 1 aromatic carbocycles. The monoisotopic (exact) mass is 257 g/mol. The number of nitriles is 2. The number of ether oxygens (including phenoxy) is 2. The highest BCUT2D eigenvalue weighted by Gasteiger charge is 1.96. The van der Waals surface area contributed by atoms with Gasteiger partial charge in [0.05, 0.1) is 6.61 Å². The van der Waals surface area contributed by atoms with Crippen molar-refractivity contribution in [3.63, 3.8) is 0 Å². The lowest BCUT2D eigenvalue weighted by molar-refractivity contribution is 0.172. The zero-order valence-electron chi connectivity index (χ0n) is 10.7. The zero-order chi connectivity index (χ0) is 13.9.